The van der Waals surface area contributed by atoms with E-state index < -0.39 is 0 Å². The number of esters is 2. The van der Waals surface area contributed by atoms with Gasteiger partial charge in [-0.3, -0.25) is 0 Å². The molecule has 0 aromatic carbocycles. The van der Waals surface area contributed by atoms with Gasteiger partial charge in [0.25, 0.3) is 0 Å². The van der Waals surface area contributed by atoms with E-state index in [-0.39, 0.29) is 18.5 Å². The second-order valence-electron chi connectivity index (χ2n) is 14.9. The Labute approximate surface area is 317 Å². The van der Waals surface area contributed by atoms with Crippen LogP contribution in [0.5, 0.6) is 0 Å². The Morgan fingerprint density at radius 1 is 0.431 bits per heavy atom. The number of allylic oxidation sites excluding steroid dienone is 2. The SMILES string of the molecule is CCCCCCC(=CC(=O)OCCCCCCCN(CCCO)CCCCCCCOC(=O)/C=C(\CCCCC)CCCCCC)CCCCC. The predicted octanol–water partition coefficient (Wildman–Crippen LogP) is 12.6. The van der Waals surface area contributed by atoms with E-state index in [0.717, 1.165) is 77.4 Å². The van der Waals surface area contributed by atoms with Crippen LogP contribution in [0.3, 0.4) is 0 Å². The molecule has 6 nitrogen and oxygen atoms in total. The number of ether oxygens (including phenoxy) is 2. The topological polar surface area (TPSA) is 76.1 Å². The van der Waals surface area contributed by atoms with Crippen LogP contribution in [-0.4, -0.2) is 61.4 Å². The lowest BCUT2D eigenvalue weighted by atomic mass is 10.0. The smallest absolute Gasteiger partial charge is 0.330 e. The fourth-order valence-electron chi connectivity index (χ4n) is 6.63. The van der Waals surface area contributed by atoms with Gasteiger partial charge >= 0.3 is 11.9 Å². The monoisotopic (exact) mass is 720 g/mol. The van der Waals surface area contributed by atoms with Crippen molar-refractivity contribution in [3.05, 3.63) is 23.3 Å². The van der Waals surface area contributed by atoms with Crippen LogP contribution < -0.4 is 0 Å². The summed E-state index contributed by atoms with van der Waals surface area (Å²) in [5, 5.41) is 9.38. The van der Waals surface area contributed by atoms with Crippen LogP contribution in [0.2, 0.25) is 0 Å². The molecule has 0 bridgehead atoms. The van der Waals surface area contributed by atoms with Gasteiger partial charge in [-0.25, -0.2) is 9.59 Å². The Morgan fingerprint density at radius 3 is 1.14 bits per heavy atom. The number of aliphatic hydroxyl groups is 1. The maximum absolute atomic E-state index is 12.4. The molecule has 0 saturated heterocycles. The van der Waals surface area contributed by atoms with Crippen molar-refractivity contribution in [2.75, 3.05) is 39.5 Å². The summed E-state index contributed by atoms with van der Waals surface area (Å²) in [7, 11) is 0. The second kappa shape index (κ2) is 39.5. The van der Waals surface area contributed by atoms with Crippen molar-refractivity contribution < 1.29 is 24.2 Å². The third-order valence-corrected chi connectivity index (χ3v) is 9.91. The van der Waals surface area contributed by atoms with E-state index in [1.807, 2.05) is 0 Å². The van der Waals surface area contributed by atoms with Gasteiger partial charge in [0.15, 0.2) is 0 Å². The molecule has 300 valence electrons. The molecule has 6 heteroatoms. The number of hydrogen-bond donors (Lipinski definition) is 1. The molecule has 0 amide bonds. The quantitative estimate of drug-likeness (QED) is 0.0387. The van der Waals surface area contributed by atoms with Crippen LogP contribution in [0.25, 0.3) is 0 Å². The number of aliphatic hydroxyl groups excluding tert-OH is 1. The lowest BCUT2D eigenvalue weighted by molar-refractivity contribution is -0.138. The van der Waals surface area contributed by atoms with Crippen molar-refractivity contribution in [3.63, 3.8) is 0 Å². The van der Waals surface area contributed by atoms with Gasteiger partial charge in [-0.1, -0.05) is 142 Å². The highest BCUT2D eigenvalue weighted by Crippen LogP contribution is 2.19. The average molecular weight is 720 g/mol. The average Bonchev–Trinajstić information content (AvgIpc) is 3.12. The van der Waals surface area contributed by atoms with E-state index in [2.05, 4.69) is 32.6 Å². The zero-order valence-corrected chi connectivity index (χ0v) is 34.4. The zero-order valence-electron chi connectivity index (χ0n) is 34.4. The fraction of sp³-hybridized carbons (Fsp3) is 0.867. The Hall–Kier alpha value is -1.66. The Bertz CT molecular complexity index is 774. The first-order valence-corrected chi connectivity index (χ1v) is 22.1. The molecule has 0 atom stereocenters. The molecule has 0 aromatic heterocycles. The van der Waals surface area contributed by atoms with Gasteiger partial charge in [-0.15, -0.1) is 0 Å². The number of carbonyl (C=O) groups excluding carboxylic acids is 2. The minimum Gasteiger partial charge on any atom is -0.463 e. The highest BCUT2D eigenvalue weighted by atomic mass is 16.5. The van der Waals surface area contributed by atoms with E-state index in [4.69, 9.17) is 9.47 Å². The number of rotatable bonds is 39. The molecule has 0 radical (unpaired) electrons. The lowest BCUT2D eigenvalue weighted by Crippen LogP contribution is -2.27. The highest BCUT2D eigenvalue weighted by Gasteiger charge is 2.08. The van der Waals surface area contributed by atoms with Crippen LogP contribution in [0.1, 0.15) is 214 Å². The molecule has 0 fully saturated rings. The maximum Gasteiger partial charge on any atom is 0.330 e. The molecular weight excluding hydrogens is 634 g/mol. The molecule has 1 N–H and O–H groups in total. The maximum atomic E-state index is 12.4. The molecule has 0 spiro atoms. The molecular formula is C45H85NO5. The molecule has 0 aromatic rings. The molecule has 0 saturated carbocycles. The summed E-state index contributed by atoms with van der Waals surface area (Å²) in [6.07, 6.45) is 36.7. The van der Waals surface area contributed by atoms with Crippen molar-refractivity contribution in [1.29, 1.82) is 0 Å². The van der Waals surface area contributed by atoms with Gasteiger partial charge in [0.2, 0.25) is 0 Å². The molecule has 0 unspecified atom stereocenters. The Balaban J connectivity index is 4.15. The van der Waals surface area contributed by atoms with Gasteiger partial charge in [0.1, 0.15) is 0 Å². The number of nitrogens with zero attached hydrogens (tertiary/aromatic N) is 1. The fourth-order valence-corrected chi connectivity index (χ4v) is 6.63. The minimum atomic E-state index is -0.150. The van der Waals surface area contributed by atoms with E-state index in [9.17, 15) is 14.7 Å². The van der Waals surface area contributed by atoms with Crippen LogP contribution in [0.15, 0.2) is 23.3 Å². The van der Waals surface area contributed by atoms with Crippen molar-refractivity contribution in [2.24, 2.45) is 0 Å². The van der Waals surface area contributed by atoms with Crippen LogP contribution in [0, 0.1) is 0 Å². The van der Waals surface area contributed by atoms with Gasteiger partial charge in [-0.2, -0.15) is 0 Å². The van der Waals surface area contributed by atoms with Crippen molar-refractivity contribution in [3.8, 4) is 0 Å². The van der Waals surface area contributed by atoms with Gasteiger partial charge < -0.3 is 19.5 Å². The number of unbranched alkanes of at least 4 members (excludes halogenated alkanes) is 18. The third-order valence-electron chi connectivity index (χ3n) is 9.91. The molecule has 51 heavy (non-hydrogen) atoms. The molecule has 0 heterocycles. The lowest BCUT2D eigenvalue weighted by Gasteiger charge is -2.22. The zero-order chi connectivity index (χ0) is 37.5. The first-order valence-electron chi connectivity index (χ1n) is 22.1. The summed E-state index contributed by atoms with van der Waals surface area (Å²) in [4.78, 5) is 27.4. The summed E-state index contributed by atoms with van der Waals surface area (Å²) in [5.74, 6) is -0.300. The standard InChI is InChI=1S/C45H85NO5/c1-5-9-13-23-32-42(30-21-11-7-3)40-44(48)50-38-27-19-15-17-25-34-46(36-29-37-47)35-26-18-16-20-28-39-51-45(49)41-43(31-22-12-8-4)33-24-14-10-6-2/h40-41,47H,5-39H2,1-4H3/b42-40+,43-41?. The van der Waals surface area contributed by atoms with Crippen molar-refractivity contribution in [1.82, 2.24) is 4.90 Å². The van der Waals surface area contributed by atoms with Crippen molar-refractivity contribution in [2.45, 2.75) is 214 Å². The summed E-state index contributed by atoms with van der Waals surface area (Å²) >= 11 is 0. The Morgan fingerprint density at radius 2 is 0.745 bits per heavy atom. The van der Waals surface area contributed by atoms with E-state index in [0.29, 0.717) is 13.2 Å². The second-order valence-corrected chi connectivity index (χ2v) is 14.9. The summed E-state index contributed by atoms with van der Waals surface area (Å²) in [5.41, 5.74) is 2.55. The molecule has 0 rings (SSSR count). The van der Waals surface area contributed by atoms with Gasteiger partial charge in [0.05, 0.1) is 13.2 Å². The number of carbonyl (C=O) groups is 2. The molecule has 0 aliphatic heterocycles. The van der Waals surface area contributed by atoms with E-state index >= 15 is 0 Å². The summed E-state index contributed by atoms with van der Waals surface area (Å²) in [6.45, 7) is 13.3. The summed E-state index contributed by atoms with van der Waals surface area (Å²) < 4.78 is 11.1. The highest BCUT2D eigenvalue weighted by molar-refractivity contribution is 5.83. The van der Waals surface area contributed by atoms with Crippen LogP contribution in [-0.2, 0) is 19.1 Å². The summed E-state index contributed by atoms with van der Waals surface area (Å²) in [6, 6.07) is 0. The van der Waals surface area contributed by atoms with Crippen LogP contribution >= 0.6 is 0 Å². The molecule has 0 aliphatic rings. The first-order chi connectivity index (χ1) is 25.0. The minimum absolute atomic E-state index is 0.150. The molecule has 0 aliphatic carbocycles. The third kappa shape index (κ3) is 35.2. The Kier molecular flexibility index (Phi) is 38.3. The van der Waals surface area contributed by atoms with Gasteiger partial charge in [-0.05, 0) is 96.6 Å². The van der Waals surface area contributed by atoms with E-state index in [1.54, 1.807) is 12.2 Å². The van der Waals surface area contributed by atoms with E-state index in [1.165, 1.54) is 140 Å². The largest absolute Gasteiger partial charge is 0.463 e. The van der Waals surface area contributed by atoms with Crippen molar-refractivity contribution >= 4 is 11.9 Å². The first kappa shape index (κ1) is 49.3. The normalized spacial score (nSPS) is 12.2. The van der Waals surface area contributed by atoms with Gasteiger partial charge in [0, 0.05) is 25.3 Å². The predicted molar refractivity (Wildman–Crippen MR) is 218 cm³/mol. The number of hydrogen-bond acceptors (Lipinski definition) is 6. The van der Waals surface area contributed by atoms with Crippen LogP contribution in [0.4, 0.5) is 0 Å².